The van der Waals surface area contributed by atoms with E-state index in [4.69, 9.17) is 4.74 Å². The van der Waals surface area contributed by atoms with Crippen molar-refractivity contribution in [1.82, 2.24) is 0 Å². The number of carbonyl (C=O) groups excluding carboxylic acids is 2. The largest absolute Gasteiger partial charge is 0.508 e. The second kappa shape index (κ2) is 10.8. The summed E-state index contributed by atoms with van der Waals surface area (Å²) in [5.74, 6) is 0.973. The molecule has 0 spiro atoms. The molecule has 0 saturated heterocycles. The molecule has 2 saturated carbocycles. The lowest BCUT2D eigenvalue weighted by Crippen LogP contribution is -2.48. The number of para-hydroxylation sites is 1. The number of hydrogen-bond acceptors (Lipinski definition) is 5. The molecule has 192 valence electrons. The van der Waals surface area contributed by atoms with E-state index in [1.54, 1.807) is 31.4 Å². The molecule has 5 rings (SSSR count). The second-order valence-corrected chi connectivity index (χ2v) is 11.2. The fourth-order valence-electron chi connectivity index (χ4n) is 7.49. The lowest BCUT2D eigenvalue weighted by Gasteiger charge is -2.48. The first-order chi connectivity index (χ1) is 17.5. The standard InChI is InChI=1S/C31H39NO4/c1-19(30(34)20-14-16-21(33)17-15-20)22-8-3-4-9-23(22)31(35)26-12-7-11-25-28(18-36-2)32-27-13-6-5-10-24(27)29(25)26/h5-6,10,13-17,19,22-23,25-26,28-29,32-33H,3-4,7-9,11-12,18H2,1-2H3/t19?,22-,23?,25?,26?,28?,29-/m0/s1. The van der Waals surface area contributed by atoms with E-state index < -0.39 is 0 Å². The zero-order valence-corrected chi connectivity index (χ0v) is 21.5. The highest BCUT2D eigenvalue weighted by molar-refractivity contribution is 5.98. The maximum atomic E-state index is 14.4. The van der Waals surface area contributed by atoms with Gasteiger partial charge in [0.2, 0.25) is 0 Å². The Balaban J connectivity index is 1.42. The molecular formula is C31H39NO4. The number of rotatable bonds is 7. The van der Waals surface area contributed by atoms with Gasteiger partial charge in [0.05, 0.1) is 12.6 Å². The Morgan fingerprint density at radius 3 is 2.47 bits per heavy atom. The number of phenolic OH excluding ortho intramolecular Hbond substituents is 1. The molecule has 0 radical (unpaired) electrons. The van der Waals surface area contributed by atoms with Gasteiger partial charge in [-0.3, -0.25) is 9.59 Å². The number of nitrogens with one attached hydrogen (secondary N) is 1. The molecule has 36 heavy (non-hydrogen) atoms. The Bertz CT molecular complexity index is 1080. The molecular weight excluding hydrogens is 450 g/mol. The van der Waals surface area contributed by atoms with Crippen LogP contribution in [0.1, 0.15) is 73.7 Å². The van der Waals surface area contributed by atoms with Gasteiger partial charge in [0.25, 0.3) is 0 Å². The van der Waals surface area contributed by atoms with Gasteiger partial charge in [0.1, 0.15) is 11.5 Å². The molecule has 5 nitrogen and oxygen atoms in total. The van der Waals surface area contributed by atoms with E-state index in [1.807, 2.05) is 6.92 Å². The number of methoxy groups -OCH3 is 1. The number of hydrogen-bond donors (Lipinski definition) is 2. The number of ketones is 2. The van der Waals surface area contributed by atoms with E-state index in [0.717, 1.165) is 50.6 Å². The molecule has 2 aromatic rings. The summed E-state index contributed by atoms with van der Waals surface area (Å²) >= 11 is 0. The molecule has 0 bridgehead atoms. The van der Waals surface area contributed by atoms with Crippen LogP contribution >= 0.6 is 0 Å². The van der Waals surface area contributed by atoms with Gasteiger partial charge in [-0.15, -0.1) is 0 Å². The van der Waals surface area contributed by atoms with Crippen molar-refractivity contribution in [2.75, 3.05) is 19.0 Å². The van der Waals surface area contributed by atoms with E-state index >= 15 is 0 Å². The van der Waals surface area contributed by atoms with Crippen LogP contribution in [0.15, 0.2) is 48.5 Å². The van der Waals surface area contributed by atoms with Gasteiger partial charge < -0.3 is 15.2 Å². The topological polar surface area (TPSA) is 75.6 Å². The van der Waals surface area contributed by atoms with Crippen molar-refractivity contribution in [3.05, 3.63) is 59.7 Å². The van der Waals surface area contributed by atoms with E-state index in [9.17, 15) is 14.7 Å². The van der Waals surface area contributed by atoms with Crippen molar-refractivity contribution < 1.29 is 19.4 Å². The van der Waals surface area contributed by atoms with Gasteiger partial charge in [-0.1, -0.05) is 44.4 Å². The van der Waals surface area contributed by atoms with Gasteiger partial charge in [0.15, 0.2) is 5.78 Å². The van der Waals surface area contributed by atoms with Crippen LogP contribution in [0.5, 0.6) is 5.75 Å². The third-order valence-electron chi connectivity index (χ3n) is 9.23. The van der Waals surface area contributed by atoms with E-state index in [1.165, 1.54) is 5.56 Å². The minimum atomic E-state index is -0.218. The van der Waals surface area contributed by atoms with Crippen LogP contribution in [0, 0.1) is 29.6 Å². The summed E-state index contributed by atoms with van der Waals surface area (Å²) in [5, 5.41) is 13.3. The lowest BCUT2D eigenvalue weighted by molar-refractivity contribution is -0.132. The first-order valence-electron chi connectivity index (χ1n) is 13.7. The first kappa shape index (κ1) is 25.0. The fourth-order valence-corrected chi connectivity index (χ4v) is 7.49. The Hall–Kier alpha value is -2.66. The lowest BCUT2D eigenvalue weighted by atomic mass is 9.59. The summed E-state index contributed by atoms with van der Waals surface area (Å²) in [6, 6.07) is 15.2. The predicted octanol–water partition coefficient (Wildman–Crippen LogP) is 6.23. The van der Waals surface area contributed by atoms with Crippen LogP contribution in [0.25, 0.3) is 0 Å². The van der Waals surface area contributed by atoms with Crippen LogP contribution in [0.2, 0.25) is 0 Å². The number of carbonyl (C=O) groups is 2. The Morgan fingerprint density at radius 2 is 1.69 bits per heavy atom. The molecule has 5 unspecified atom stereocenters. The fraction of sp³-hybridized carbons (Fsp3) is 0.548. The van der Waals surface area contributed by atoms with Gasteiger partial charge in [-0.05, 0) is 73.4 Å². The highest BCUT2D eigenvalue weighted by atomic mass is 16.5. The number of anilines is 1. The highest BCUT2D eigenvalue weighted by Gasteiger charge is 2.48. The van der Waals surface area contributed by atoms with Crippen molar-refractivity contribution >= 4 is 17.3 Å². The maximum Gasteiger partial charge on any atom is 0.165 e. The monoisotopic (exact) mass is 489 g/mol. The van der Waals surface area contributed by atoms with Crippen molar-refractivity contribution in [1.29, 1.82) is 0 Å². The normalized spacial score (nSPS) is 30.4. The summed E-state index contributed by atoms with van der Waals surface area (Å²) in [6.07, 6.45) is 7.02. The number of Topliss-reactive ketones (excluding diaryl/α,β-unsaturated/α-hetero) is 2. The van der Waals surface area contributed by atoms with Crippen LogP contribution in [-0.4, -0.2) is 36.4 Å². The summed E-state index contributed by atoms with van der Waals surface area (Å²) in [7, 11) is 1.75. The second-order valence-electron chi connectivity index (χ2n) is 11.2. The van der Waals surface area contributed by atoms with E-state index in [2.05, 4.69) is 29.6 Å². The highest BCUT2D eigenvalue weighted by Crippen LogP contribution is 2.52. The molecule has 2 N–H and O–H groups in total. The zero-order chi connectivity index (χ0) is 25.2. The van der Waals surface area contributed by atoms with Crippen LogP contribution in [-0.2, 0) is 9.53 Å². The molecule has 7 atom stereocenters. The molecule has 0 amide bonds. The molecule has 2 aromatic carbocycles. The smallest absolute Gasteiger partial charge is 0.165 e. The average molecular weight is 490 g/mol. The van der Waals surface area contributed by atoms with Gasteiger partial charge in [-0.2, -0.15) is 0 Å². The average Bonchev–Trinajstić information content (AvgIpc) is 2.92. The third kappa shape index (κ3) is 4.70. The zero-order valence-electron chi connectivity index (χ0n) is 21.5. The Labute approximate surface area is 214 Å². The van der Waals surface area contributed by atoms with Crippen LogP contribution in [0.4, 0.5) is 5.69 Å². The minimum Gasteiger partial charge on any atom is -0.508 e. The molecule has 1 aliphatic heterocycles. The molecule has 0 aromatic heterocycles. The van der Waals surface area contributed by atoms with Crippen LogP contribution < -0.4 is 5.32 Å². The third-order valence-corrected chi connectivity index (χ3v) is 9.23. The minimum absolute atomic E-state index is 0.00655. The summed E-state index contributed by atoms with van der Waals surface area (Å²) in [6.45, 7) is 2.64. The number of ether oxygens (including phenoxy) is 1. The van der Waals surface area contributed by atoms with Gasteiger partial charge in [0, 0.05) is 42.0 Å². The number of fused-ring (bicyclic) bond motifs is 3. The van der Waals surface area contributed by atoms with E-state index in [-0.39, 0.29) is 47.2 Å². The molecule has 1 heterocycles. The Morgan fingerprint density at radius 1 is 0.972 bits per heavy atom. The van der Waals surface area contributed by atoms with Crippen molar-refractivity contribution in [3.8, 4) is 5.75 Å². The van der Waals surface area contributed by atoms with Crippen molar-refractivity contribution in [3.63, 3.8) is 0 Å². The van der Waals surface area contributed by atoms with Crippen molar-refractivity contribution in [2.24, 2.45) is 29.6 Å². The van der Waals surface area contributed by atoms with E-state index in [0.29, 0.717) is 23.9 Å². The molecule has 2 fully saturated rings. The van der Waals surface area contributed by atoms with Gasteiger partial charge >= 0.3 is 0 Å². The SMILES string of the molecule is COCC1Nc2ccccc2[C@@H]2C(C(=O)C3CCCC[C@H]3C(C)C(=O)c3ccc(O)cc3)CCCC12. The molecule has 3 aliphatic rings. The predicted molar refractivity (Wildman–Crippen MR) is 141 cm³/mol. The first-order valence-corrected chi connectivity index (χ1v) is 13.7. The summed E-state index contributed by atoms with van der Waals surface area (Å²) < 4.78 is 5.58. The van der Waals surface area contributed by atoms with Crippen molar-refractivity contribution in [2.45, 2.75) is 63.8 Å². The summed E-state index contributed by atoms with van der Waals surface area (Å²) in [4.78, 5) is 27.8. The maximum absolute atomic E-state index is 14.4. The summed E-state index contributed by atoms with van der Waals surface area (Å²) in [5.41, 5.74) is 3.02. The Kier molecular flexibility index (Phi) is 7.47. The number of aromatic hydroxyl groups is 1. The number of phenols is 1. The van der Waals surface area contributed by atoms with Crippen LogP contribution in [0.3, 0.4) is 0 Å². The van der Waals surface area contributed by atoms with Gasteiger partial charge in [-0.25, -0.2) is 0 Å². The quantitative estimate of drug-likeness (QED) is 0.451. The molecule has 2 aliphatic carbocycles. The number of benzene rings is 2. The molecule has 5 heteroatoms.